The third-order valence-corrected chi connectivity index (χ3v) is 5.71. The van der Waals surface area contributed by atoms with Gasteiger partial charge in [-0.15, -0.1) is 0 Å². The summed E-state index contributed by atoms with van der Waals surface area (Å²) < 4.78 is 23.3. The molecule has 7 heteroatoms. The smallest absolute Gasteiger partial charge is 0.235 e. The van der Waals surface area contributed by atoms with Gasteiger partial charge < -0.3 is 5.32 Å². The Morgan fingerprint density at radius 1 is 1.20 bits per heavy atom. The van der Waals surface area contributed by atoms with Crippen LogP contribution in [0, 0.1) is 0 Å². The molecule has 0 aliphatic heterocycles. The van der Waals surface area contributed by atoms with Crippen molar-refractivity contribution in [1.29, 1.82) is 0 Å². The predicted octanol–water partition coefficient (Wildman–Crippen LogP) is 2.99. The van der Waals surface area contributed by atoms with Crippen LogP contribution in [0.1, 0.15) is 32.4 Å². The van der Waals surface area contributed by atoms with Crippen LogP contribution in [0.4, 0.5) is 0 Å². The van der Waals surface area contributed by atoms with Crippen molar-refractivity contribution in [3.8, 4) is 0 Å². The summed E-state index contributed by atoms with van der Waals surface area (Å²) in [6, 6.07) is 4.66. The molecule has 20 heavy (non-hydrogen) atoms. The van der Waals surface area contributed by atoms with E-state index in [1.807, 2.05) is 0 Å². The minimum absolute atomic E-state index is 0.348. The highest BCUT2D eigenvalue weighted by Crippen LogP contribution is 2.25. The van der Waals surface area contributed by atoms with Gasteiger partial charge in [0.2, 0.25) is 5.91 Å². The number of carbonyl (C=O) groups excluding carboxylic acids is 1. The molecule has 1 aromatic carbocycles. The lowest BCUT2D eigenvalue weighted by Gasteiger charge is -2.15. The van der Waals surface area contributed by atoms with E-state index in [2.05, 4.69) is 5.32 Å². The van der Waals surface area contributed by atoms with Gasteiger partial charge in [-0.05, 0) is 38.5 Å². The molecule has 1 N–H and O–H groups in total. The summed E-state index contributed by atoms with van der Waals surface area (Å²) in [5, 5.41) is 2.87. The molecule has 0 fully saturated rings. The van der Waals surface area contributed by atoms with E-state index in [9.17, 15) is 13.2 Å². The summed E-state index contributed by atoms with van der Waals surface area (Å²) >= 11 is 11.7. The first-order valence-corrected chi connectivity index (χ1v) is 8.56. The lowest BCUT2D eigenvalue weighted by molar-refractivity contribution is -0.119. The van der Waals surface area contributed by atoms with Crippen LogP contribution >= 0.6 is 23.2 Å². The summed E-state index contributed by atoms with van der Waals surface area (Å²) in [6.45, 7) is 4.84. The van der Waals surface area contributed by atoms with Gasteiger partial charge in [0.15, 0.2) is 9.84 Å². The third kappa shape index (κ3) is 4.65. The van der Waals surface area contributed by atoms with Crippen molar-refractivity contribution in [2.75, 3.05) is 5.75 Å². The topological polar surface area (TPSA) is 63.2 Å². The van der Waals surface area contributed by atoms with Gasteiger partial charge in [0.1, 0.15) is 5.75 Å². The van der Waals surface area contributed by atoms with Crippen LogP contribution in [0.3, 0.4) is 0 Å². The number of hydrogen-bond donors (Lipinski definition) is 1. The molecular weight excluding hydrogens is 321 g/mol. The number of sulfone groups is 1. The normalized spacial score (nSPS) is 13.3. The van der Waals surface area contributed by atoms with Crippen molar-refractivity contribution < 1.29 is 13.2 Å². The Balaban J connectivity index is 2.73. The van der Waals surface area contributed by atoms with E-state index in [0.717, 1.165) is 5.56 Å². The molecule has 1 aromatic rings. The maximum Gasteiger partial charge on any atom is 0.235 e. The van der Waals surface area contributed by atoms with Gasteiger partial charge in [0, 0.05) is 0 Å². The Morgan fingerprint density at radius 3 is 2.30 bits per heavy atom. The van der Waals surface area contributed by atoms with Crippen LogP contribution in [0.2, 0.25) is 10.0 Å². The van der Waals surface area contributed by atoms with E-state index in [1.54, 1.807) is 39.0 Å². The Bertz CT molecular complexity index is 600. The van der Waals surface area contributed by atoms with Crippen molar-refractivity contribution in [1.82, 2.24) is 5.32 Å². The van der Waals surface area contributed by atoms with E-state index in [0.29, 0.717) is 10.0 Å². The molecule has 4 nitrogen and oxygen atoms in total. The number of rotatable bonds is 5. The monoisotopic (exact) mass is 337 g/mol. The third-order valence-electron chi connectivity index (χ3n) is 2.87. The van der Waals surface area contributed by atoms with Crippen LogP contribution in [-0.2, 0) is 14.6 Å². The molecule has 0 bridgehead atoms. The lowest BCUT2D eigenvalue weighted by atomic mass is 10.1. The summed E-state index contributed by atoms with van der Waals surface area (Å²) in [5.41, 5.74) is 0.759. The molecule has 1 atom stereocenters. The highest BCUT2D eigenvalue weighted by atomic mass is 35.5. The molecule has 0 radical (unpaired) electrons. The molecule has 0 saturated carbocycles. The van der Waals surface area contributed by atoms with Crippen LogP contribution in [0.25, 0.3) is 0 Å². The maximum absolute atomic E-state index is 11.7. The summed E-state index contributed by atoms with van der Waals surface area (Å²) in [7, 11) is -3.40. The van der Waals surface area contributed by atoms with Crippen molar-refractivity contribution in [2.45, 2.75) is 32.1 Å². The largest absolute Gasteiger partial charge is 0.349 e. The van der Waals surface area contributed by atoms with Crippen LogP contribution in [0.5, 0.6) is 0 Å². The van der Waals surface area contributed by atoms with Gasteiger partial charge in [-0.25, -0.2) is 8.42 Å². The van der Waals surface area contributed by atoms with Crippen molar-refractivity contribution in [3.05, 3.63) is 33.8 Å². The van der Waals surface area contributed by atoms with Crippen molar-refractivity contribution >= 4 is 38.9 Å². The summed E-state index contributed by atoms with van der Waals surface area (Å²) in [6.07, 6.45) is 0. The highest BCUT2D eigenvalue weighted by molar-refractivity contribution is 7.92. The maximum atomic E-state index is 11.7. The lowest BCUT2D eigenvalue weighted by Crippen LogP contribution is -2.34. The van der Waals surface area contributed by atoms with E-state index >= 15 is 0 Å². The first-order valence-electron chi connectivity index (χ1n) is 6.09. The molecule has 0 aromatic heterocycles. The second kappa shape index (κ2) is 6.78. The Hall–Kier alpha value is -0.780. The average Bonchev–Trinajstić information content (AvgIpc) is 2.31. The summed E-state index contributed by atoms with van der Waals surface area (Å²) in [4.78, 5) is 11.7. The minimum atomic E-state index is -3.40. The molecule has 0 heterocycles. The van der Waals surface area contributed by atoms with Crippen LogP contribution < -0.4 is 5.32 Å². The van der Waals surface area contributed by atoms with Crippen LogP contribution in [-0.4, -0.2) is 25.3 Å². The number of halogens is 2. The van der Waals surface area contributed by atoms with Crippen molar-refractivity contribution in [3.63, 3.8) is 0 Å². The molecule has 1 amide bonds. The van der Waals surface area contributed by atoms with Gasteiger partial charge in [0.05, 0.1) is 21.3 Å². The van der Waals surface area contributed by atoms with E-state index < -0.39 is 26.7 Å². The predicted molar refractivity (Wildman–Crippen MR) is 81.9 cm³/mol. The highest BCUT2D eigenvalue weighted by Gasteiger charge is 2.21. The molecule has 0 aliphatic carbocycles. The molecule has 0 spiro atoms. The van der Waals surface area contributed by atoms with Crippen molar-refractivity contribution in [2.24, 2.45) is 0 Å². The fourth-order valence-corrected chi connectivity index (χ4v) is 2.59. The zero-order valence-corrected chi connectivity index (χ0v) is 13.8. The number of amides is 1. The zero-order valence-electron chi connectivity index (χ0n) is 11.5. The van der Waals surface area contributed by atoms with E-state index in [-0.39, 0.29) is 6.04 Å². The standard InChI is InChI=1S/C13H17Cl2NO3S/c1-8(2)20(18,19)7-13(17)16-9(3)10-4-5-11(14)12(15)6-10/h4-6,8-9H,7H2,1-3H3,(H,16,17). The Kier molecular flexibility index (Phi) is 5.86. The van der Waals surface area contributed by atoms with E-state index in [4.69, 9.17) is 23.2 Å². The molecule has 1 rings (SSSR count). The second-order valence-electron chi connectivity index (χ2n) is 4.82. The number of hydrogen-bond acceptors (Lipinski definition) is 3. The average molecular weight is 338 g/mol. The van der Waals surface area contributed by atoms with Crippen LogP contribution in [0.15, 0.2) is 18.2 Å². The number of benzene rings is 1. The first-order chi connectivity index (χ1) is 9.13. The fraction of sp³-hybridized carbons (Fsp3) is 0.462. The van der Waals surface area contributed by atoms with Gasteiger partial charge in [-0.1, -0.05) is 29.3 Å². The summed E-state index contributed by atoms with van der Waals surface area (Å²) in [5.74, 6) is -1.05. The zero-order chi connectivity index (χ0) is 15.5. The van der Waals surface area contributed by atoms with Gasteiger partial charge >= 0.3 is 0 Å². The number of nitrogens with one attached hydrogen (secondary N) is 1. The first kappa shape index (κ1) is 17.3. The molecule has 0 saturated heterocycles. The molecule has 112 valence electrons. The second-order valence-corrected chi connectivity index (χ2v) is 8.19. The molecule has 0 aliphatic rings. The van der Waals surface area contributed by atoms with Gasteiger partial charge in [0.25, 0.3) is 0 Å². The minimum Gasteiger partial charge on any atom is -0.349 e. The quantitative estimate of drug-likeness (QED) is 0.898. The molecular formula is C13H17Cl2NO3S. The van der Waals surface area contributed by atoms with Gasteiger partial charge in [-0.2, -0.15) is 0 Å². The van der Waals surface area contributed by atoms with E-state index in [1.165, 1.54) is 0 Å². The Morgan fingerprint density at radius 2 is 1.80 bits per heavy atom. The SMILES string of the molecule is CC(NC(=O)CS(=O)(=O)C(C)C)c1ccc(Cl)c(Cl)c1. The molecule has 1 unspecified atom stereocenters. The van der Waals surface area contributed by atoms with Gasteiger partial charge in [-0.3, -0.25) is 4.79 Å². The number of carbonyl (C=O) groups is 1. The Labute approximate surface area is 129 Å². The fourth-order valence-electron chi connectivity index (χ4n) is 1.50.